The molecular formula is C22H23F3N6O. The summed E-state index contributed by atoms with van der Waals surface area (Å²) in [4.78, 5) is 20.6. The van der Waals surface area contributed by atoms with E-state index >= 15 is 0 Å². The zero-order chi connectivity index (χ0) is 22.9. The second-order valence-corrected chi connectivity index (χ2v) is 7.90. The summed E-state index contributed by atoms with van der Waals surface area (Å²) in [5.74, 6) is 0.206. The largest absolute Gasteiger partial charge is 0.417 e. The standard InChI is InChI=1S/C22H23F3N6O/c1-14-5-7-17(19(12-14)31-27-9-10-28-31)21(32)30-11-3-4-18(15(30)2)29-20-8-6-16(13-26-20)22(23,24)25/h5-10,12-13,15,18H,3-4,11H2,1-2H3,(H,26,29)/t15-,18+/m1/s1. The highest BCUT2D eigenvalue weighted by atomic mass is 19.4. The van der Waals surface area contributed by atoms with Gasteiger partial charge in [-0.15, -0.1) is 0 Å². The second-order valence-electron chi connectivity index (χ2n) is 7.90. The summed E-state index contributed by atoms with van der Waals surface area (Å²) in [6.07, 6.45) is 1.02. The number of pyridine rings is 1. The first-order valence-electron chi connectivity index (χ1n) is 10.3. The van der Waals surface area contributed by atoms with Crippen LogP contribution in [0.4, 0.5) is 19.0 Å². The fourth-order valence-corrected chi connectivity index (χ4v) is 3.94. The number of piperidine rings is 1. The van der Waals surface area contributed by atoms with E-state index in [0.717, 1.165) is 30.7 Å². The SMILES string of the molecule is Cc1ccc(C(=O)N2CCC[C@H](Nc3ccc(C(F)(F)F)cn3)[C@H]2C)c(-n2nccn2)c1. The average molecular weight is 444 g/mol. The second kappa shape index (κ2) is 8.60. The normalized spacial score (nSPS) is 19.1. The van der Waals surface area contributed by atoms with Gasteiger partial charge in [-0.25, -0.2) is 4.98 Å². The number of benzene rings is 1. The van der Waals surface area contributed by atoms with E-state index in [9.17, 15) is 18.0 Å². The number of aromatic nitrogens is 4. The maximum Gasteiger partial charge on any atom is 0.417 e. The fraction of sp³-hybridized carbons (Fsp3) is 0.364. The molecule has 1 fully saturated rings. The molecular weight excluding hydrogens is 421 g/mol. The lowest BCUT2D eigenvalue weighted by atomic mass is 9.96. The smallest absolute Gasteiger partial charge is 0.365 e. The van der Waals surface area contributed by atoms with E-state index in [1.54, 1.807) is 23.4 Å². The van der Waals surface area contributed by atoms with Crippen LogP contribution in [0.1, 0.15) is 41.3 Å². The highest BCUT2D eigenvalue weighted by molar-refractivity contribution is 5.98. The van der Waals surface area contributed by atoms with Gasteiger partial charge in [-0.3, -0.25) is 4.79 Å². The molecule has 1 aliphatic rings. The quantitative estimate of drug-likeness (QED) is 0.656. The monoisotopic (exact) mass is 444 g/mol. The Labute approximate surface area is 183 Å². The van der Waals surface area contributed by atoms with Gasteiger partial charge in [-0.1, -0.05) is 6.07 Å². The number of carbonyl (C=O) groups excluding carboxylic acids is 1. The molecule has 3 heterocycles. The molecule has 10 heteroatoms. The van der Waals surface area contributed by atoms with Gasteiger partial charge in [0.15, 0.2) is 0 Å². The predicted octanol–water partition coefficient (Wildman–Crippen LogP) is 4.09. The maximum absolute atomic E-state index is 13.5. The first-order valence-corrected chi connectivity index (χ1v) is 10.3. The first kappa shape index (κ1) is 21.8. The highest BCUT2D eigenvalue weighted by Gasteiger charge is 2.34. The number of hydrogen-bond acceptors (Lipinski definition) is 5. The van der Waals surface area contributed by atoms with E-state index in [4.69, 9.17) is 0 Å². The van der Waals surface area contributed by atoms with Crippen molar-refractivity contribution in [2.45, 2.75) is 44.9 Å². The molecule has 0 spiro atoms. The van der Waals surface area contributed by atoms with Gasteiger partial charge in [-0.2, -0.15) is 28.2 Å². The minimum absolute atomic E-state index is 0.142. The summed E-state index contributed by atoms with van der Waals surface area (Å²) < 4.78 is 38.4. The van der Waals surface area contributed by atoms with Crippen LogP contribution in [0.5, 0.6) is 0 Å². The van der Waals surface area contributed by atoms with E-state index in [-0.39, 0.29) is 18.0 Å². The van der Waals surface area contributed by atoms with Crippen molar-refractivity contribution in [2.75, 3.05) is 11.9 Å². The summed E-state index contributed by atoms with van der Waals surface area (Å²) in [5.41, 5.74) is 1.28. The molecule has 0 bridgehead atoms. The summed E-state index contributed by atoms with van der Waals surface area (Å²) >= 11 is 0. The summed E-state index contributed by atoms with van der Waals surface area (Å²) in [5, 5.41) is 11.5. The predicted molar refractivity (Wildman–Crippen MR) is 112 cm³/mol. The summed E-state index contributed by atoms with van der Waals surface area (Å²) in [7, 11) is 0. The third-order valence-corrected chi connectivity index (χ3v) is 5.69. The topological polar surface area (TPSA) is 75.9 Å². The fourth-order valence-electron chi connectivity index (χ4n) is 3.94. The molecule has 2 atom stereocenters. The third kappa shape index (κ3) is 4.44. The number of anilines is 1. The van der Waals surface area contributed by atoms with Gasteiger partial charge < -0.3 is 10.2 Å². The molecule has 1 saturated heterocycles. The molecule has 1 aliphatic heterocycles. The van der Waals surface area contributed by atoms with E-state index in [2.05, 4.69) is 20.5 Å². The van der Waals surface area contributed by atoms with Gasteiger partial charge in [0.2, 0.25) is 0 Å². The average Bonchev–Trinajstić information content (AvgIpc) is 3.29. The molecule has 0 saturated carbocycles. The van der Waals surface area contributed by atoms with Crippen molar-refractivity contribution in [3.63, 3.8) is 0 Å². The van der Waals surface area contributed by atoms with E-state index in [0.29, 0.717) is 23.6 Å². The molecule has 0 radical (unpaired) electrons. The number of likely N-dealkylation sites (tertiary alicyclic amines) is 1. The lowest BCUT2D eigenvalue weighted by Crippen LogP contribution is -2.52. The van der Waals surface area contributed by atoms with Crippen molar-refractivity contribution < 1.29 is 18.0 Å². The molecule has 1 N–H and O–H groups in total. The molecule has 3 aromatic rings. The molecule has 32 heavy (non-hydrogen) atoms. The van der Waals surface area contributed by atoms with Crippen LogP contribution in [-0.2, 0) is 6.18 Å². The molecule has 7 nitrogen and oxygen atoms in total. The van der Waals surface area contributed by atoms with E-state index in [1.165, 1.54) is 10.9 Å². The first-order chi connectivity index (χ1) is 15.2. The highest BCUT2D eigenvalue weighted by Crippen LogP contribution is 2.30. The van der Waals surface area contributed by atoms with E-state index < -0.39 is 11.7 Å². The van der Waals surface area contributed by atoms with Crippen LogP contribution in [0, 0.1) is 6.92 Å². The Balaban J connectivity index is 1.54. The molecule has 2 aromatic heterocycles. The Morgan fingerprint density at radius 3 is 2.56 bits per heavy atom. The number of nitrogens with zero attached hydrogens (tertiary/aromatic N) is 5. The van der Waals surface area contributed by atoms with Crippen LogP contribution in [0.25, 0.3) is 5.69 Å². The molecule has 0 unspecified atom stereocenters. The number of halogens is 3. The van der Waals surface area contributed by atoms with Crippen LogP contribution in [0.2, 0.25) is 0 Å². The molecule has 4 rings (SSSR count). The number of hydrogen-bond donors (Lipinski definition) is 1. The Hall–Kier alpha value is -3.43. The lowest BCUT2D eigenvalue weighted by molar-refractivity contribution is -0.137. The Kier molecular flexibility index (Phi) is 5.86. The molecule has 0 aliphatic carbocycles. The van der Waals surface area contributed by atoms with Crippen LogP contribution >= 0.6 is 0 Å². The van der Waals surface area contributed by atoms with Crippen molar-refractivity contribution in [3.05, 3.63) is 65.6 Å². The lowest BCUT2D eigenvalue weighted by Gasteiger charge is -2.40. The van der Waals surface area contributed by atoms with Gasteiger partial charge in [0.1, 0.15) is 5.82 Å². The molecule has 1 aromatic carbocycles. The Morgan fingerprint density at radius 2 is 1.91 bits per heavy atom. The summed E-state index contributed by atoms with van der Waals surface area (Å²) in [6.45, 7) is 4.44. The van der Waals surface area contributed by atoms with Crippen LogP contribution < -0.4 is 5.32 Å². The number of alkyl halides is 3. The Bertz CT molecular complexity index is 1080. The van der Waals surface area contributed by atoms with Crippen molar-refractivity contribution in [1.29, 1.82) is 0 Å². The molecule has 1 amide bonds. The van der Waals surface area contributed by atoms with Gasteiger partial charge >= 0.3 is 6.18 Å². The van der Waals surface area contributed by atoms with Gasteiger partial charge in [0, 0.05) is 24.8 Å². The van der Waals surface area contributed by atoms with Crippen LogP contribution in [0.15, 0.2) is 48.9 Å². The zero-order valence-electron chi connectivity index (χ0n) is 17.7. The third-order valence-electron chi connectivity index (χ3n) is 5.69. The van der Waals surface area contributed by atoms with Gasteiger partial charge in [-0.05, 0) is 56.5 Å². The zero-order valence-corrected chi connectivity index (χ0v) is 17.7. The van der Waals surface area contributed by atoms with Crippen molar-refractivity contribution in [1.82, 2.24) is 24.9 Å². The van der Waals surface area contributed by atoms with Crippen molar-refractivity contribution in [3.8, 4) is 5.69 Å². The Morgan fingerprint density at radius 1 is 1.16 bits per heavy atom. The number of aryl methyl sites for hydroxylation is 1. The van der Waals surface area contributed by atoms with E-state index in [1.807, 2.05) is 26.0 Å². The van der Waals surface area contributed by atoms with Gasteiger partial charge in [0.05, 0.1) is 29.2 Å². The number of carbonyl (C=O) groups is 1. The minimum atomic E-state index is -4.43. The number of amides is 1. The minimum Gasteiger partial charge on any atom is -0.365 e. The van der Waals surface area contributed by atoms with Crippen LogP contribution in [0.3, 0.4) is 0 Å². The number of nitrogens with one attached hydrogen (secondary N) is 1. The number of rotatable bonds is 4. The maximum atomic E-state index is 13.5. The van der Waals surface area contributed by atoms with Crippen LogP contribution in [-0.4, -0.2) is 49.4 Å². The van der Waals surface area contributed by atoms with Gasteiger partial charge in [0.25, 0.3) is 5.91 Å². The molecule has 168 valence electrons. The summed E-state index contributed by atoms with van der Waals surface area (Å²) in [6, 6.07) is 7.49. The van der Waals surface area contributed by atoms with Crippen molar-refractivity contribution >= 4 is 11.7 Å². The van der Waals surface area contributed by atoms with Crippen molar-refractivity contribution in [2.24, 2.45) is 0 Å².